The van der Waals surface area contributed by atoms with Gasteiger partial charge in [0.1, 0.15) is 0 Å². The third kappa shape index (κ3) is 3.42. The van der Waals surface area contributed by atoms with Crippen LogP contribution in [0.3, 0.4) is 0 Å². The van der Waals surface area contributed by atoms with Gasteiger partial charge in [-0.15, -0.1) is 0 Å². The summed E-state index contributed by atoms with van der Waals surface area (Å²) in [7, 11) is -3.88. The van der Waals surface area contributed by atoms with E-state index in [4.69, 9.17) is 0 Å². The van der Waals surface area contributed by atoms with Crippen LogP contribution in [-0.2, 0) is 9.84 Å². The molecule has 0 aromatic heterocycles. The summed E-state index contributed by atoms with van der Waals surface area (Å²) in [6, 6.07) is 7.23. The minimum absolute atomic E-state index is 0. The van der Waals surface area contributed by atoms with Crippen molar-refractivity contribution in [2.75, 3.05) is 0 Å². The molecule has 0 fully saturated rings. The summed E-state index contributed by atoms with van der Waals surface area (Å²) in [4.78, 5) is -1.06. The summed E-state index contributed by atoms with van der Waals surface area (Å²) in [5.41, 5.74) is 0.0856. The van der Waals surface area contributed by atoms with Gasteiger partial charge in [0.25, 0.3) is 15.4 Å². The molecule has 0 amide bonds. The van der Waals surface area contributed by atoms with Crippen LogP contribution in [0.4, 0.5) is 0 Å². The van der Waals surface area contributed by atoms with E-state index < -0.39 is 14.7 Å². The summed E-state index contributed by atoms with van der Waals surface area (Å²) in [6.45, 7) is 0. The molecule has 7 heteroatoms. The first-order valence-electron chi connectivity index (χ1n) is 3.31. The van der Waals surface area contributed by atoms with Crippen molar-refractivity contribution in [3.05, 3.63) is 40.7 Å². The summed E-state index contributed by atoms with van der Waals surface area (Å²) < 4.78 is 22.3. The third-order valence-corrected chi connectivity index (χ3v) is 2.68. The van der Waals surface area contributed by atoms with E-state index in [9.17, 15) is 18.8 Å². The molecule has 1 aromatic rings. The van der Waals surface area contributed by atoms with Crippen molar-refractivity contribution in [2.24, 2.45) is 0 Å². The molecule has 70 valence electrons. The molecule has 0 radical (unpaired) electrons. The van der Waals surface area contributed by atoms with Gasteiger partial charge in [0.15, 0.2) is 0 Å². The molecule has 0 bridgehead atoms. The number of sulfone groups is 1. The molecule has 0 aliphatic carbocycles. The Morgan fingerprint density at radius 3 is 2.07 bits per heavy atom. The molecule has 0 heterocycles. The van der Waals surface area contributed by atoms with Crippen molar-refractivity contribution in [1.29, 1.82) is 0 Å². The zero-order valence-corrected chi connectivity index (χ0v) is 8.27. The molecule has 0 atom stereocenters. The van der Waals surface area contributed by atoms with Gasteiger partial charge in [-0.2, -0.15) is 4.90 Å². The molecule has 0 saturated carbocycles. The molecular weight excluding hydrogens is 201 g/mol. The van der Waals surface area contributed by atoms with Crippen LogP contribution in [0, 0.1) is 10.4 Å². The summed E-state index contributed by atoms with van der Waals surface area (Å²) in [5, 5.41) is 19.9. The van der Waals surface area contributed by atoms with Crippen molar-refractivity contribution in [2.45, 2.75) is 4.90 Å². The van der Waals surface area contributed by atoms with Gasteiger partial charge in [0.2, 0.25) is 0 Å². The van der Waals surface area contributed by atoms with Gasteiger partial charge < -0.3 is 10.4 Å². The van der Waals surface area contributed by atoms with E-state index >= 15 is 0 Å². The normalized spacial score (nSPS) is 10.0. The Morgan fingerprint density at radius 1 is 1.14 bits per heavy atom. The van der Waals surface area contributed by atoms with Crippen molar-refractivity contribution in [1.82, 2.24) is 0 Å². The molecule has 0 saturated heterocycles. The predicted molar refractivity (Wildman–Crippen MR) is 46.7 cm³/mol. The minimum atomic E-state index is -3.88. The smallest absolute Gasteiger partial charge is 0.612 e. The predicted octanol–water partition coefficient (Wildman–Crippen LogP) is -2.50. The van der Waals surface area contributed by atoms with Crippen LogP contribution in [0.15, 0.2) is 35.2 Å². The van der Waals surface area contributed by atoms with Crippen LogP contribution in [0.1, 0.15) is 0 Å². The van der Waals surface area contributed by atoms with E-state index in [2.05, 4.69) is 0 Å². The molecule has 14 heavy (non-hydrogen) atoms. The number of hydrogen-bond acceptors (Lipinski definition) is 4. The average Bonchev–Trinajstić information content (AvgIpc) is 2.04. The fraction of sp³-hybridized carbons (Fsp3) is 0. The molecular formula is C7H6LiNO4S. The van der Waals surface area contributed by atoms with E-state index in [1.54, 1.807) is 6.07 Å². The zero-order valence-electron chi connectivity index (χ0n) is 7.45. The number of hydrogen-bond donors (Lipinski definition) is 0. The average molecular weight is 207 g/mol. The maximum absolute atomic E-state index is 11.1. The standard InChI is InChI=1S/C7H6NO4S.Li/c9-8(10)6-13(11,12)7-4-2-1-3-5-7;/h1-6H;/q-1;+1. The Kier molecular flexibility index (Phi) is 4.70. The Labute approximate surface area is 93.3 Å². The van der Waals surface area contributed by atoms with Crippen molar-refractivity contribution >= 4 is 15.4 Å². The van der Waals surface area contributed by atoms with Crippen molar-refractivity contribution in [3.63, 3.8) is 0 Å². The minimum Gasteiger partial charge on any atom is -0.612 e. The fourth-order valence-electron chi connectivity index (χ4n) is 0.784. The fourth-order valence-corrected chi connectivity index (χ4v) is 1.67. The molecule has 0 aliphatic rings. The van der Waals surface area contributed by atoms with Gasteiger partial charge in [-0.1, -0.05) is 18.2 Å². The van der Waals surface area contributed by atoms with Crippen molar-refractivity contribution < 1.29 is 32.2 Å². The maximum Gasteiger partial charge on any atom is 1.00 e. The molecule has 1 rings (SSSR count). The van der Waals surface area contributed by atoms with Crippen LogP contribution in [-0.4, -0.2) is 18.9 Å². The van der Waals surface area contributed by atoms with Gasteiger partial charge >= 0.3 is 18.9 Å². The Bertz CT molecular complexity index is 411. The van der Waals surface area contributed by atoms with E-state index in [1.165, 1.54) is 24.3 Å². The van der Waals surface area contributed by atoms with Crippen LogP contribution < -0.4 is 18.9 Å². The number of rotatable bonds is 2. The molecule has 0 unspecified atom stereocenters. The summed E-state index contributed by atoms with van der Waals surface area (Å²) in [6.07, 6.45) is 0. The van der Waals surface area contributed by atoms with Crippen LogP contribution in [0.25, 0.3) is 0 Å². The molecule has 5 nitrogen and oxygen atoms in total. The van der Waals surface area contributed by atoms with Gasteiger partial charge in [-0.05, 0) is 12.1 Å². The van der Waals surface area contributed by atoms with E-state index in [1.807, 2.05) is 0 Å². The number of nitrogens with zero attached hydrogens (tertiary/aromatic N) is 1. The molecule has 1 aromatic carbocycles. The van der Waals surface area contributed by atoms with Crippen LogP contribution >= 0.6 is 0 Å². The van der Waals surface area contributed by atoms with Crippen LogP contribution in [0.5, 0.6) is 0 Å². The van der Waals surface area contributed by atoms with Gasteiger partial charge in [0, 0.05) is 0 Å². The quantitative estimate of drug-likeness (QED) is 0.176. The third-order valence-electron chi connectivity index (χ3n) is 1.30. The van der Waals surface area contributed by atoms with Crippen LogP contribution in [0.2, 0.25) is 0 Å². The largest absolute Gasteiger partial charge is 1.00 e. The van der Waals surface area contributed by atoms with Gasteiger partial charge in [-0.25, -0.2) is 8.42 Å². The van der Waals surface area contributed by atoms with E-state index in [0.29, 0.717) is 0 Å². The first kappa shape index (κ1) is 13.0. The Morgan fingerprint density at radius 2 is 1.64 bits per heavy atom. The first-order valence-corrected chi connectivity index (χ1v) is 4.85. The summed E-state index contributed by atoms with van der Waals surface area (Å²) in [5.74, 6) is 0. The number of benzene rings is 1. The second kappa shape index (κ2) is 5.05. The zero-order chi connectivity index (χ0) is 9.90. The van der Waals surface area contributed by atoms with Crippen molar-refractivity contribution in [3.8, 4) is 0 Å². The Balaban J connectivity index is 0.00000169. The van der Waals surface area contributed by atoms with E-state index in [0.717, 1.165) is 0 Å². The molecule has 0 spiro atoms. The SMILES string of the molecule is O=S(=O)(C=[N+]([O-])[O-])c1ccccc1.[Li+]. The maximum atomic E-state index is 11.1. The monoisotopic (exact) mass is 207 g/mol. The topological polar surface area (TPSA) is 83.3 Å². The molecule has 0 N–H and O–H groups in total. The van der Waals surface area contributed by atoms with Gasteiger partial charge in [0.05, 0.1) is 4.90 Å². The first-order chi connectivity index (χ1) is 6.02. The summed E-state index contributed by atoms with van der Waals surface area (Å²) >= 11 is 0. The second-order valence-electron chi connectivity index (χ2n) is 2.25. The van der Waals surface area contributed by atoms with Gasteiger partial charge in [-0.3, -0.25) is 0 Å². The second-order valence-corrected chi connectivity index (χ2v) is 4.02. The Hall–Kier alpha value is -0.963. The molecule has 0 aliphatic heterocycles. The van der Waals surface area contributed by atoms with E-state index in [-0.39, 0.29) is 29.3 Å².